The number of terminal acetylenes is 1. The van der Waals surface area contributed by atoms with Crippen molar-refractivity contribution in [1.82, 2.24) is 9.88 Å². The molecule has 0 fully saturated rings. The van der Waals surface area contributed by atoms with Crippen LogP contribution in [0.2, 0.25) is 0 Å². The standard InChI is InChI=1S/C60H32N2O3/c1-3-4-5-6-7-8-9-10-11-12-13-14-15-16-17-18-19-20-21-31-40-64-50-42-47(2)41-48(43-50)44-62-45-56(55-38-29-30-39-58(55)62)59(49-32-23-22-24-33-49)61-60(63)65-46-57-53-36-27-25-34-51(53)52-35-26-28-37-54(52)57/h1,22-30,32-39,41-43,45,57,59H,44,46H2,2H3,(H,61,63). The number of nitrogens with zero attached hydrogens (tertiary/aromatic N) is 1. The Bertz CT molecular complexity index is 3490. The third-order valence-electron chi connectivity index (χ3n) is 9.75. The van der Waals surface area contributed by atoms with Crippen LogP contribution in [0.4, 0.5) is 4.79 Å². The van der Waals surface area contributed by atoms with E-state index in [-0.39, 0.29) is 12.5 Å². The Kier molecular flexibility index (Phi) is 14.9. The van der Waals surface area contributed by atoms with E-state index in [2.05, 4.69) is 183 Å². The number of ether oxygens (including phenoxy) is 2. The van der Waals surface area contributed by atoms with Gasteiger partial charge in [-0.1, -0.05) is 103 Å². The molecule has 0 saturated carbocycles. The number of alkyl carbamates (subject to hydrolysis) is 1. The fraction of sp³-hybridized carbons (Fsp3) is 0.0833. The van der Waals surface area contributed by atoms with Gasteiger partial charge in [-0.2, -0.15) is 0 Å². The summed E-state index contributed by atoms with van der Waals surface area (Å²) in [5.41, 5.74) is 9.59. The summed E-state index contributed by atoms with van der Waals surface area (Å²) >= 11 is 0. The van der Waals surface area contributed by atoms with Crippen LogP contribution >= 0.6 is 0 Å². The van der Waals surface area contributed by atoms with Gasteiger partial charge in [0, 0.05) is 106 Å². The number of fused-ring (bicyclic) bond motifs is 4. The second kappa shape index (κ2) is 22.5. The minimum atomic E-state index is -0.490. The molecule has 1 unspecified atom stereocenters. The van der Waals surface area contributed by atoms with Crippen molar-refractivity contribution in [2.24, 2.45) is 0 Å². The molecule has 1 amide bonds. The monoisotopic (exact) mass is 828 g/mol. The van der Waals surface area contributed by atoms with E-state index in [1.807, 2.05) is 85.8 Å². The topological polar surface area (TPSA) is 52.5 Å². The van der Waals surface area contributed by atoms with Crippen molar-refractivity contribution >= 4 is 17.0 Å². The molecule has 5 heteroatoms. The van der Waals surface area contributed by atoms with Gasteiger partial charge in [-0.25, -0.2) is 4.79 Å². The Morgan fingerprint density at radius 2 is 1.15 bits per heavy atom. The molecule has 1 aliphatic rings. The van der Waals surface area contributed by atoms with E-state index < -0.39 is 12.1 Å². The van der Waals surface area contributed by atoms with Crippen molar-refractivity contribution in [2.75, 3.05) is 6.61 Å². The molecule has 300 valence electrons. The minimum absolute atomic E-state index is 0.0498. The number of hydrogen-bond acceptors (Lipinski definition) is 3. The fourth-order valence-electron chi connectivity index (χ4n) is 7.23. The molecule has 1 aromatic heterocycles. The molecule has 1 heterocycles. The van der Waals surface area contributed by atoms with Gasteiger partial charge in [0.05, 0.1) is 6.04 Å². The molecule has 1 N–H and O–H groups in total. The van der Waals surface area contributed by atoms with E-state index in [0.29, 0.717) is 12.3 Å². The molecule has 1 aliphatic carbocycles. The molecule has 65 heavy (non-hydrogen) atoms. The lowest BCUT2D eigenvalue weighted by Gasteiger charge is -2.20. The minimum Gasteiger partial charge on any atom is -0.449 e. The average molecular weight is 829 g/mol. The van der Waals surface area contributed by atoms with Gasteiger partial charge in [0.25, 0.3) is 0 Å². The van der Waals surface area contributed by atoms with Gasteiger partial charge >= 0.3 is 6.09 Å². The van der Waals surface area contributed by atoms with Crippen LogP contribution < -0.4 is 10.1 Å². The molecule has 5 nitrogen and oxygen atoms in total. The first kappa shape index (κ1) is 43.0. The number of para-hydroxylation sites is 1. The van der Waals surface area contributed by atoms with Crippen LogP contribution in [0.15, 0.2) is 128 Å². The molecule has 0 bridgehead atoms. The molecule has 0 radical (unpaired) electrons. The Balaban J connectivity index is 0.997. The maximum absolute atomic E-state index is 13.8. The third-order valence-corrected chi connectivity index (χ3v) is 9.75. The van der Waals surface area contributed by atoms with Gasteiger partial charge in [-0.05, 0) is 111 Å². The van der Waals surface area contributed by atoms with Gasteiger partial charge in [-0.15, -0.1) is 6.42 Å². The third kappa shape index (κ3) is 11.8. The normalized spacial score (nSPS) is 9.97. The smallest absolute Gasteiger partial charge is 0.407 e. The van der Waals surface area contributed by atoms with Crippen molar-refractivity contribution in [3.05, 3.63) is 161 Å². The molecule has 7 rings (SSSR count). The Morgan fingerprint density at radius 3 is 1.75 bits per heavy atom. The summed E-state index contributed by atoms with van der Waals surface area (Å²) in [6.45, 7) is 2.76. The Labute approximate surface area is 380 Å². The molecule has 5 aromatic carbocycles. The second-order valence-corrected chi connectivity index (χ2v) is 13.9. The molecular weight excluding hydrogens is 797 g/mol. The maximum atomic E-state index is 13.8. The zero-order valence-electron chi connectivity index (χ0n) is 34.9. The zero-order chi connectivity index (χ0) is 44.9. The van der Waals surface area contributed by atoms with Crippen molar-refractivity contribution < 1.29 is 14.3 Å². The first-order chi connectivity index (χ1) is 32.1. The lowest BCUT2D eigenvalue weighted by atomic mass is 9.98. The number of aromatic nitrogens is 1. The average Bonchev–Trinajstić information content (AvgIpc) is 3.85. The largest absolute Gasteiger partial charge is 0.449 e. The van der Waals surface area contributed by atoms with E-state index in [1.165, 1.54) is 11.1 Å². The molecule has 0 aliphatic heterocycles. The van der Waals surface area contributed by atoms with Gasteiger partial charge in [0.15, 0.2) is 0 Å². The first-order valence-electron chi connectivity index (χ1n) is 20.1. The lowest BCUT2D eigenvalue weighted by Crippen LogP contribution is -2.31. The number of benzene rings is 5. The Hall–Kier alpha value is -10.1. The van der Waals surface area contributed by atoms with Crippen molar-refractivity contribution in [3.63, 3.8) is 0 Å². The number of amides is 1. The summed E-state index contributed by atoms with van der Waals surface area (Å²) in [4.78, 5) is 13.8. The highest BCUT2D eigenvalue weighted by molar-refractivity contribution is 5.86. The highest BCUT2D eigenvalue weighted by atomic mass is 16.5. The molecule has 6 aromatic rings. The van der Waals surface area contributed by atoms with Crippen LogP contribution in [0, 0.1) is 138 Å². The van der Waals surface area contributed by atoms with Crippen molar-refractivity contribution in [1.29, 1.82) is 0 Å². The predicted molar refractivity (Wildman–Crippen MR) is 256 cm³/mol. The van der Waals surface area contributed by atoms with E-state index in [0.717, 1.165) is 44.3 Å². The quantitative estimate of drug-likeness (QED) is 0.157. The number of nitrogens with one attached hydrogen (secondary N) is 1. The summed E-state index contributed by atoms with van der Waals surface area (Å²) in [6, 6.07) is 40.2. The summed E-state index contributed by atoms with van der Waals surface area (Å²) in [6.07, 6.45) is 9.24. The van der Waals surface area contributed by atoms with E-state index in [4.69, 9.17) is 15.9 Å². The summed E-state index contributed by atoms with van der Waals surface area (Å²) < 4.78 is 14.0. The first-order valence-corrected chi connectivity index (χ1v) is 20.1. The van der Waals surface area contributed by atoms with Gasteiger partial charge in [0.2, 0.25) is 0 Å². The number of rotatable bonds is 8. The molecule has 1 atom stereocenters. The van der Waals surface area contributed by atoms with Crippen LogP contribution in [-0.2, 0) is 11.3 Å². The molecule has 0 saturated heterocycles. The van der Waals surface area contributed by atoms with Gasteiger partial charge in [0.1, 0.15) is 18.5 Å². The van der Waals surface area contributed by atoms with Crippen LogP contribution in [-0.4, -0.2) is 17.3 Å². The van der Waals surface area contributed by atoms with Crippen molar-refractivity contribution in [2.45, 2.75) is 25.4 Å². The summed E-state index contributed by atoms with van der Waals surface area (Å²) in [5.74, 6) is 50.9. The van der Waals surface area contributed by atoms with Crippen LogP contribution in [0.3, 0.4) is 0 Å². The number of hydrogen-bond donors (Lipinski definition) is 1. The number of carbonyl (C=O) groups excluding carboxylic acids is 1. The fourth-order valence-corrected chi connectivity index (χ4v) is 7.23. The second-order valence-electron chi connectivity index (χ2n) is 13.9. The maximum Gasteiger partial charge on any atom is 0.407 e. The van der Waals surface area contributed by atoms with Gasteiger partial charge in [-0.3, -0.25) is 0 Å². The Morgan fingerprint density at radius 1 is 0.631 bits per heavy atom. The zero-order valence-corrected chi connectivity index (χ0v) is 34.9. The SMILES string of the molecule is C#CC#CC#CC#CC#CC#CC#CC#CC#CC#CC#COc1cc(C)cc(Cn2cc(C(NC(=O)OCC3c4ccccc4-c4ccccc43)c3ccccc3)c3ccccc32)c1. The van der Waals surface area contributed by atoms with Crippen LogP contribution in [0.25, 0.3) is 22.0 Å². The van der Waals surface area contributed by atoms with Crippen LogP contribution in [0.5, 0.6) is 5.75 Å². The van der Waals surface area contributed by atoms with Crippen molar-refractivity contribution in [3.8, 4) is 148 Å². The van der Waals surface area contributed by atoms with E-state index >= 15 is 0 Å². The molecule has 0 spiro atoms. The highest BCUT2D eigenvalue weighted by Gasteiger charge is 2.30. The van der Waals surface area contributed by atoms with E-state index in [9.17, 15) is 4.79 Å². The highest BCUT2D eigenvalue weighted by Crippen LogP contribution is 2.44. The summed E-state index contributed by atoms with van der Waals surface area (Å²) in [5, 5.41) is 4.23. The van der Waals surface area contributed by atoms with E-state index in [1.54, 1.807) is 0 Å². The van der Waals surface area contributed by atoms with Gasteiger partial charge < -0.3 is 19.4 Å². The molecular formula is C60H32N2O3. The predicted octanol–water partition coefficient (Wildman–Crippen LogP) is 8.63. The number of carbonyl (C=O) groups is 1. The lowest BCUT2D eigenvalue weighted by molar-refractivity contribution is 0.140. The van der Waals surface area contributed by atoms with Crippen LogP contribution in [0.1, 0.15) is 45.3 Å². The summed E-state index contributed by atoms with van der Waals surface area (Å²) in [7, 11) is 0. The number of aryl methyl sites for hydroxylation is 1.